The molecule has 22 heavy (non-hydrogen) atoms. The number of nitrogens with zero attached hydrogens (tertiary/aromatic N) is 1. The van der Waals surface area contributed by atoms with Crippen molar-refractivity contribution in [3.05, 3.63) is 41.1 Å². The molecule has 2 aromatic rings. The highest BCUT2D eigenvalue weighted by molar-refractivity contribution is 6.31. The van der Waals surface area contributed by atoms with E-state index in [1.165, 1.54) is 16.5 Å². The molecule has 116 valence electrons. The molecule has 0 bridgehead atoms. The third-order valence-corrected chi connectivity index (χ3v) is 4.13. The van der Waals surface area contributed by atoms with E-state index in [1.807, 2.05) is 43.1 Å². The summed E-state index contributed by atoms with van der Waals surface area (Å²) in [5, 5.41) is 4.84. The van der Waals surface area contributed by atoms with Gasteiger partial charge in [-0.2, -0.15) is 0 Å². The number of aromatic nitrogens is 1. The van der Waals surface area contributed by atoms with Crippen LogP contribution in [0.4, 0.5) is 4.79 Å². The zero-order chi connectivity index (χ0) is 15.7. The molecule has 0 saturated carbocycles. The molecule has 0 radical (unpaired) electrons. The standard InChI is InChI=1S/C17H20ClN3O/c1-11(2)20-17(22)21-7-5-12(6-8-21)15-10-19-16-9-13(18)3-4-14(15)16/h3-5,9-11,19H,6-8H2,1-2H3,(H,20,22). The number of hydrogen-bond donors (Lipinski definition) is 2. The average molecular weight is 318 g/mol. The van der Waals surface area contributed by atoms with Crippen molar-refractivity contribution in [3.63, 3.8) is 0 Å². The van der Waals surface area contributed by atoms with Gasteiger partial charge in [-0.25, -0.2) is 4.79 Å². The first-order valence-electron chi connectivity index (χ1n) is 7.56. The zero-order valence-corrected chi connectivity index (χ0v) is 13.6. The largest absolute Gasteiger partial charge is 0.361 e. The van der Waals surface area contributed by atoms with E-state index in [9.17, 15) is 4.79 Å². The third-order valence-electron chi connectivity index (χ3n) is 3.90. The first-order chi connectivity index (χ1) is 10.5. The molecule has 3 rings (SSSR count). The highest BCUT2D eigenvalue weighted by Crippen LogP contribution is 2.30. The SMILES string of the molecule is CC(C)NC(=O)N1CC=C(c2c[nH]c3cc(Cl)ccc23)CC1. The average Bonchev–Trinajstić information content (AvgIpc) is 2.89. The number of rotatable bonds is 2. The number of fused-ring (bicyclic) bond motifs is 1. The lowest BCUT2D eigenvalue weighted by Gasteiger charge is -2.27. The molecule has 1 aliphatic rings. The lowest BCUT2D eigenvalue weighted by molar-refractivity contribution is 0.200. The second-order valence-electron chi connectivity index (χ2n) is 5.92. The molecule has 2 N–H and O–H groups in total. The van der Waals surface area contributed by atoms with Gasteiger partial charge in [-0.1, -0.05) is 23.7 Å². The summed E-state index contributed by atoms with van der Waals surface area (Å²) >= 11 is 6.02. The van der Waals surface area contributed by atoms with Gasteiger partial charge in [0.05, 0.1) is 0 Å². The van der Waals surface area contributed by atoms with E-state index in [-0.39, 0.29) is 12.1 Å². The maximum atomic E-state index is 12.0. The predicted octanol–water partition coefficient (Wildman–Crippen LogP) is 4.03. The number of benzene rings is 1. The number of aromatic amines is 1. The fraction of sp³-hybridized carbons (Fsp3) is 0.353. The van der Waals surface area contributed by atoms with E-state index >= 15 is 0 Å². The molecular weight excluding hydrogens is 298 g/mol. The van der Waals surface area contributed by atoms with Crippen LogP contribution >= 0.6 is 11.6 Å². The Morgan fingerprint density at radius 1 is 1.41 bits per heavy atom. The number of urea groups is 1. The van der Waals surface area contributed by atoms with Crippen LogP contribution in [0.3, 0.4) is 0 Å². The molecule has 4 nitrogen and oxygen atoms in total. The van der Waals surface area contributed by atoms with Crippen LogP contribution in [0.5, 0.6) is 0 Å². The number of carbonyl (C=O) groups excluding carboxylic acids is 1. The van der Waals surface area contributed by atoms with Crippen molar-refractivity contribution >= 4 is 34.1 Å². The van der Waals surface area contributed by atoms with Gasteiger partial charge in [-0.05, 0) is 38.0 Å². The summed E-state index contributed by atoms with van der Waals surface area (Å²) < 4.78 is 0. The van der Waals surface area contributed by atoms with Gasteiger partial charge in [0, 0.05) is 46.8 Å². The van der Waals surface area contributed by atoms with Gasteiger partial charge in [0.25, 0.3) is 0 Å². The van der Waals surface area contributed by atoms with Gasteiger partial charge in [-0.3, -0.25) is 0 Å². The van der Waals surface area contributed by atoms with E-state index in [4.69, 9.17) is 11.6 Å². The normalized spacial score (nSPS) is 15.3. The van der Waals surface area contributed by atoms with Crippen LogP contribution in [0.1, 0.15) is 25.8 Å². The Kier molecular flexibility index (Phi) is 4.12. The van der Waals surface area contributed by atoms with Gasteiger partial charge in [0.1, 0.15) is 0 Å². The number of halogens is 1. The van der Waals surface area contributed by atoms with Gasteiger partial charge in [0.2, 0.25) is 0 Å². The van der Waals surface area contributed by atoms with Gasteiger partial charge >= 0.3 is 6.03 Å². The molecule has 5 heteroatoms. The molecule has 1 aliphatic heterocycles. The van der Waals surface area contributed by atoms with Gasteiger partial charge in [0.15, 0.2) is 0 Å². The van der Waals surface area contributed by atoms with E-state index in [0.717, 1.165) is 23.5 Å². The van der Waals surface area contributed by atoms with Crippen LogP contribution in [0.25, 0.3) is 16.5 Å². The Morgan fingerprint density at radius 3 is 2.91 bits per heavy atom. The first-order valence-corrected chi connectivity index (χ1v) is 7.94. The van der Waals surface area contributed by atoms with Crippen molar-refractivity contribution in [1.29, 1.82) is 0 Å². The predicted molar refractivity (Wildman–Crippen MR) is 91.1 cm³/mol. The monoisotopic (exact) mass is 317 g/mol. The highest BCUT2D eigenvalue weighted by atomic mass is 35.5. The Bertz CT molecular complexity index is 733. The van der Waals surface area contributed by atoms with Crippen LogP contribution in [0.2, 0.25) is 5.02 Å². The van der Waals surface area contributed by atoms with Crippen molar-refractivity contribution in [2.45, 2.75) is 26.3 Å². The van der Waals surface area contributed by atoms with E-state index < -0.39 is 0 Å². The summed E-state index contributed by atoms with van der Waals surface area (Å²) in [5.74, 6) is 0. The Labute approximate surface area is 135 Å². The Morgan fingerprint density at radius 2 is 2.23 bits per heavy atom. The molecule has 0 unspecified atom stereocenters. The Balaban J connectivity index is 1.79. The lowest BCUT2D eigenvalue weighted by atomic mass is 9.99. The van der Waals surface area contributed by atoms with Crippen molar-refractivity contribution in [3.8, 4) is 0 Å². The lowest BCUT2D eigenvalue weighted by Crippen LogP contribution is -2.44. The summed E-state index contributed by atoms with van der Waals surface area (Å²) in [5.41, 5.74) is 3.53. The van der Waals surface area contributed by atoms with Crippen LogP contribution in [-0.2, 0) is 0 Å². The fourth-order valence-corrected chi connectivity index (χ4v) is 2.97. The fourth-order valence-electron chi connectivity index (χ4n) is 2.80. The second kappa shape index (κ2) is 6.05. The highest BCUT2D eigenvalue weighted by Gasteiger charge is 2.19. The molecule has 2 amide bonds. The molecular formula is C17H20ClN3O. The number of hydrogen-bond acceptors (Lipinski definition) is 1. The van der Waals surface area contributed by atoms with E-state index in [1.54, 1.807) is 0 Å². The third kappa shape index (κ3) is 2.97. The minimum atomic E-state index is 0.0102. The summed E-state index contributed by atoms with van der Waals surface area (Å²) in [6, 6.07) is 6.06. The van der Waals surface area contributed by atoms with Gasteiger partial charge < -0.3 is 15.2 Å². The molecule has 1 aromatic heterocycles. The van der Waals surface area contributed by atoms with Gasteiger partial charge in [-0.15, -0.1) is 0 Å². The summed E-state index contributed by atoms with van der Waals surface area (Å²) in [6.07, 6.45) is 5.03. The minimum absolute atomic E-state index is 0.0102. The summed E-state index contributed by atoms with van der Waals surface area (Å²) in [4.78, 5) is 17.1. The van der Waals surface area contributed by atoms with Crippen molar-refractivity contribution in [1.82, 2.24) is 15.2 Å². The molecule has 0 saturated heterocycles. The number of H-pyrrole nitrogens is 1. The molecule has 0 fully saturated rings. The smallest absolute Gasteiger partial charge is 0.317 e. The zero-order valence-electron chi connectivity index (χ0n) is 12.8. The van der Waals surface area contributed by atoms with E-state index in [2.05, 4.69) is 16.4 Å². The summed E-state index contributed by atoms with van der Waals surface area (Å²) in [6.45, 7) is 5.33. The minimum Gasteiger partial charge on any atom is -0.361 e. The maximum Gasteiger partial charge on any atom is 0.317 e. The van der Waals surface area contributed by atoms with Crippen molar-refractivity contribution in [2.75, 3.05) is 13.1 Å². The van der Waals surface area contributed by atoms with Crippen LogP contribution < -0.4 is 5.32 Å². The topological polar surface area (TPSA) is 48.1 Å². The number of nitrogens with one attached hydrogen (secondary N) is 2. The van der Waals surface area contributed by atoms with Crippen molar-refractivity contribution in [2.24, 2.45) is 0 Å². The molecule has 1 aromatic carbocycles. The number of carbonyl (C=O) groups is 1. The molecule has 0 aliphatic carbocycles. The molecule has 0 atom stereocenters. The molecule has 0 spiro atoms. The van der Waals surface area contributed by atoms with Crippen molar-refractivity contribution < 1.29 is 4.79 Å². The van der Waals surface area contributed by atoms with E-state index in [0.29, 0.717) is 6.54 Å². The molecule has 2 heterocycles. The summed E-state index contributed by atoms with van der Waals surface area (Å²) in [7, 11) is 0. The van der Waals surface area contributed by atoms with Crippen LogP contribution in [0, 0.1) is 0 Å². The van der Waals surface area contributed by atoms with Crippen LogP contribution in [0.15, 0.2) is 30.5 Å². The second-order valence-corrected chi connectivity index (χ2v) is 6.36. The first kappa shape index (κ1) is 15.0. The van der Waals surface area contributed by atoms with Crippen LogP contribution in [-0.4, -0.2) is 35.0 Å². The maximum absolute atomic E-state index is 12.0. The Hall–Kier alpha value is -1.94. The number of amides is 2. The quantitative estimate of drug-likeness (QED) is 0.863.